The number of hydrogen-bond donors (Lipinski definition) is 1. The number of primary amides is 1. The number of amides is 2. The van der Waals surface area contributed by atoms with Crippen LogP contribution in [-0.2, 0) is 29.0 Å². The third-order valence-electron chi connectivity index (χ3n) is 6.00. The summed E-state index contributed by atoms with van der Waals surface area (Å²) in [4.78, 5) is 38.2. The minimum Gasteiger partial charge on any atom is -0.484 e. The Morgan fingerprint density at radius 3 is 2.52 bits per heavy atom. The van der Waals surface area contributed by atoms with Crippen LogP contribution in [0, 0.1) is 0 Å². The second-order valence-electron chi connectivity index (χ2n) is 8.37. The molecule has 2 aromatic carbocycles. The third-order valence-corrected chi connectivity index (χ3v) is 6.00. The van der Waals surface area contributed by atoms with Gasteiger partial charge in [-0.25, -0.2) is 4.79 Å². The van der Waals surface area contributed by atoms with E-state index in [9.17, 15) is 14.4 Å². The molecule has 1 heterocycles. The standard InChI is InChI=1S/C26H28N2O5/c27-24(29)13-14-28(16-18-7-3-1-4-8-18)25(30)17-32-19-11-12-21-20-9-5-2-6-10-22(20)26(31)33-23(21)15-19/h1,3-4,7-8,11-12,15H,2,5-6,9-10,13-14,16-17H2,(H2,27,29). The first-order valence-electron chi connectivity index (χ1n) is 11.3. The zero-order chi connectivity index (χ0) is 23.2. The Morgan fingerprint density at radius 2 is 1.76 bits per heavy atom. The topological polar surface area (TPSA) is 103 Å². The van der Waals surface area contributed by atoms with Gasteiger partial charge in [0.15, 0.2) is 6.61 Å². The molecule has 3 aromatic rings. The molecule has 0 atom stereocenters. The highest BCUT2D eigenvalue weighted by Crippen LogP contribution is 2.28. The number of hydrogen-bond acceptors (Lipinski definition) is 5. The van der Waals surface area contributed by atoms with Gasteiger partial charge in [-0.05, 0) is 48.9 Å². The Balaban J connectivity index is 1.49. The Kier molecular flexibility index (Phi) is 7.07. The number of ether oxygens (including phenoxy) is 1. The molecule has 0 unspecified atom stereocenters. The van der Waals surface area contributed by atoms with Crippen molar-refractivity contribution in [1.29, 1.82) is 0 Å². The van der Waals surface area contributed by atoms with Crippen LogP contribution in [0.3, 0.4) is 0 Å². The summed E-state index contributed by atoms with van der Waals surface area (Å²) >= 11 is 0. The van der Waals surface area contributed by atoms with E-state index in [1.807, 2.05) is 36.4 Å². The fourth-order valence-corrected chi connectivity index (χ4v) is 4.27. The van der Waals surface area contributed by atoms with Gasteiger partial charge < -0.3 is 19.8 Å². The highest BCUT2D eigenvalue weighted by molar-refractivity contribution is 5.83. The summed E-state index contributed by atoms with van der Waals surface area (Å²) < 4.78 is 11.3. The Hall–Kier alpha value is -3.61. The summed E-state index contributed by atoms with van der Waals surface area (Å²) in [6.45, 7) is 0.368. The van der Waals surface area contributed by atoms with Gasteiger partial charge >= 0.3 is 5.63 Å². The van der Waals surface area contributed by atoms with Crippen molar-refractivity contribution in [3.05, 3.63) is 75.6 Å². The van der Waals surface area contributed by atoms with Crippen LogP contribution in [0.25, 0.3) is 11.0 Å². The summed E-state index contributed by atoms with van der Waals surface area (Å²) in [7, 11) is 0. The van der Waals surface area contributed by atoms with Crippen LogP contribution in [0.5, 0.6) is 5.75 Å². The average molecular weight is 449 g/mol. The quantitative estimate of drug-likeness (QED) is 0.421. The van der Waals surface area contributed by atoms with E-state index in [1.165, 1.54) is 0 Å². The first kappa shape index (κ1) is 22.6. The minimum atomic E-state index is -0.467. The molecule has 0 saturated heterocycles. The maximum atomic E-state index is 12.9. The van der Waals surface area contributed by atoms with Crippen molar-refractivity contribution in [3.8, 4) is 5.75 Å². The lowest BCUT2D eigenvalue weighted by molar-refractivity contribution is -0.134. The molecule has 1 aliphatic rings. The van der Waals surface area contributed by atoms with Crippen molar-refractivity contribution in [2.75, 3.05) is 13.2 Å². The number of benzene rings is 2. The number of carbonyl (C=O) groups excluding carboxylic acids is 2. The summed E-state index contributed by atoms with van der Waals surface area (Å²) in [6.07, 6.45) is 4.86. The average Bonchev–Trinajstić information content (AvgIpc) is 3.07. The molecule has 0 bridgehead atoms. The molecule has 0 aliphatic heterocycles. The van der Waals surface area contributed by atoms with Crippen LogP contribution in [0.2, 0.25) is 0 Å². The van der Waals surface area contributed by atoms with Crippen molar-refractivity contribution in [2.24, 2.45) is 5.73 Å². The Morgan fingerprint density at radius 1 is 1.00 bits per heavy atom. The SMILES string of the molecule is NC(=O)CCN(Cc1ccccc1)C(=O)COc1ccc2c3c(c(=O)oc2c1)CCCCC3. The van der Waals surface area contributed by atoms with Crippen LogP contribution in [0.15, 0.2) is 57.7 Å². The third kappa shape index (κ3) is 5.61. The van der Waals surface area contributed by atoms with E-state index in [-0.39, 0.29) is 31.1 Å². The van der Waals surface area contributed by atoms with E-state index in [0.29, 0.717) is 17.9 Å². The highest BCUT2D eigenvalue weighted by Gasteiger charge is 2.19. The predicted molar refractivity (Wildman–Crippen MR) is 125 cm³/mol. The number of aryl methyl sites for hydroxylation is 1. The molecule has 0 spiro atoms. The van der Waals surface area contributed by atoms with Crippen LogP contribution in [-0.4, -0.2) is 29.9 Å². The molecule has 4 rings (SSSR count). The second kappa shape index (κ2) is 10.3. The molecule has 1 aromatic heterocycles. The lowest BCUT2D eigenvalue weighted by Crippen LogP contribution is -2.36. The van der Waals surface area contributed by atoms with Gasteiger partial charge in [-0.2, -0.15) is 0 Å². The van der Waals surface area contributed by atoms with Crippen molar-refractivity contribution in [1.82, 2.24) is 4.90 Å². The van der Waals surface area contributed by atoms with E-state index in [2.05, 4.69) is 0 Å². The van der Waals surface area contributed by atoms with Crippen LogP contribution in [0.4, 0.5) is 0 Å². The summed E-state index contributed by atoms with van der Waals surface area (Å²) in [5, 5.41) is 0.928. The molecule has 1 aliphatic carbocycles. The van der Waals surface area contributed by atoms with Crippen molar-refractivity contribution in [2.45, 2.75) is 45.1 Å². The van der Waals surface area contributed by atoms with E-state index in [1.54, 1.807) is 17.0 Å². The normalized spacial score (nSPS) is 13.2. The van der Waals surface area contributed by atoms with E-state index in [4.69, 9.17) is 14.9 Å². The van der Waals surface area contributed by atoms with Gasteiger partial charge in [-0.3, -0.25) is 9.59 Å². The number of carbonyl (C=O) groups is 2. The fraction of sp³-hybridized carbons (Fsp3) is 0.346. The van der Waals surface area contributed by atoms with Crippen molar-refractivity contribution < 1.29 is 18.7 Å². The molecule has 7 heteroatoms. The maximum Gasteiger partial charge on any atom is 0.339 e. The minimum absolute atomic E-state index is 0.0742. The molecule has 0 radical (unpaired) electrons. The molecule has 2 N–H and O–H groups in total. The summed E-state index contributed by atoms with van der Waals surface area (Å²) in [5.74, 6) is -0.281. The summed E-state index contributed by atoms with van der Waals surface area (Å²) in [6, 6.07) is 14.9. The fourth-order valence-electron chi connectivity index (χ4n) is 4.27. The number of rotatable bonds is 8. The maximum absolute atomic E-state index is 12.9. The van der Waals surface area contributed by atoms with Crippen LogP contribution >= 0.6 is 0 Å². The molecule has 0 fully saturated rings. The molecule has 0 saturated carbocycles. The van der Waals surface area contributed by atoms with Gasteiger partial charge in [0.1, 0.15) is 11.3 Å². The monoisotopic (exact) mass is 448 g/mol. The largest absolute Gasteiger partial charge is 0.484 e. The van der Waals surface area contributed by atoms with Gasteiger partial charge in [0.2, 0.25) is 5.91 Å². The van der Waals surface area contributed by atoms with Gasteiger partial charge in [0.25, 0.3) is 5.91 Å². The van der Waals surface area contributed by atoms with E-state index < -0.39 is 5.91 Å². The molecule has 172 valence electrons. The zero-order valence-electron chi connectivity index (χ0n) is 18.5. The smallest absolute Gasteiger partial charge is 0.339 e. The zero-order valence-corrected chi connectivity index (χ0v) is 18.5. The Labute approximate surface area is 192 Å². The van der Waals surface area contributed by atoms with Crippen LogP contribution in [0.1, 0.15) is 42.4 Å². The first-order chi connectivity index (χ1) is 16.0. The van der Waals surface area contributed by atoms with Gasteiger partial charge in [0, 0.05) is 36.5 Å². The second-order valence-corrected chi connectivity index (χ2v) is 8.37. The highest BCUT2D eigenvalue weighted by atomic mass is 16.5. The van der Waals surface area contributed by atoms with Crippen LogP contribution < -0.4 is 16.1 Å². The van der Waals surface area contributed by atoms with Gasteiger partial charge in [0.05, 0.1) is 0 Å². The number of nitrogens with two attached hydrogens (primary N) is 1. The summed E-state index contributed by atoms with van der Waals surface area (Å²) in [5.41, 5.74) is 8.27. The molecule has 7 nitrogen and oxygen atoms in total. The Bertz CT molecular complexity index is 1200. The van der Waals surface area contributed by atoms with Gasteiger partial charge in [-0.1, -0.05) is 36.8 Å². The molecule has 33 heavy (non-hydrogen) atoms. The number of fused-ring (bicyclic) bond motifs is 3. The van der Waals surface area contributed by atoms with E-state index in [0.717, 1.165) is 54.2 Å². The lowest BCUT2D eigenvalue weighted by Gasteiger charge is -2.22. The predicted octanol–water partition coefficient (Wildman–Crippen LogP) is 3.34. The van der Waals surface area contributed by atoms with E-state index >= 15 is 0 Å². The number of nitrogens with zero attached hydrogens (tertiary/aromatic N) is 1. The molecule has 2 amide bonds. The lowest BCUT2D eigenvalue weighted by atomic mass is 10.0. The van der Waals surface area contributed by atoms with Crippen molar-refractivity contribution >= 4 is 22.8 Å². The first-order valence-corrected chi connectivity index (χ1v) is 11.3. The molecular formula is C26H28N2O5. The van der Waals surface area contributed by atoms with Gasteiger partial charge in [-0.15, -0.1) is 0 Å². The molecular weight excluding hydrogens is 420 g/mol. The van der Waals surface area contributed by atoms with Crippen molar-refractivity contribution in [3.63, 3.8) is 0 Å².